The Bertz CT molecular complexity index is 56.4. The van der Waals surface area contributed by atoms with Crippen LogP contribution >= 0.6 is 0 Å². The van der Waals surface area contributed by atoms with Gasteiger partial charge >= 0.3 is 0 Å². The summed E-state index contributed by atoms with van der Waals surface area (Å²) in [6, 6.07) is 0. The van der Waals surface area contributed by atoms with Crippen molar-refractivity contribution in [1.29, 1.82) is 0 Å². The minimum Gasteiger partial charge on any atom is -0.0656 e. The molecule has 0 aromatic heterocycles. The van der Waals surface area contributed by atoms with E-state index in [9.17, 15) is 0 Å². The van der Waals surface area contributed by atoms with E-state index < -0.39 is 0 Å². The van der Waals surface area contributed by atoms with E-state index in [4.69, 9.17) is 0 Å². The maximum atomic E-state index is 2.33. The van der Waals surface area contributed by atoms with Gasteiger partial charge in [0.2, 0.25) is 0 Å². The summed E-state index contributed by atoms with van der Waals surface area (Å²) in [7, 11) is 0. The zero-order valence-electron chi connectivity index (χ0n) is 12.0. The molecule has 0 aliphatic rings. The highest BCUT2D eigenvalue weighted by Gasteiger charge is 2.05. The Balaban J connectivity index is -0.000000168. The fraction of sp³-hybridized carbons (Fsp3) is 1.00. The predicted molar refractivity (Wildman–Crippen MR) is 70.8 cm³/mol. The molecule has 0 aliphatic carbocycles. The van der Waals surface area contributed by atoms with E-state index in [1.165, 1.54) is 25.7 Å². The molecule has 0 bridgehead atoms. The molecule has 0 fully saturated rings. The first-order valence-electron chi connectivity index (χ1n) is 6.55. The highest BCUT2D eigenvalue weighted by Crippen LogP contribution is 2.16. The summed E-state index contributed by atoms with van der Waals surface area (Å²) in [5, 5.41) is 0. The molecule has 0 amide bonds. The van der Waals surface area contributed by atoms with E-state index in [0.717, 1.165) is 11.8 Å². The maximum Gasteiger partial charge on any atom is -0.0420 e. The Morgan fingerprint density at radius 3 is 0.786 bits per heavy atom. The maximum absolute atomic E-state index is 2.33. The van der Waals surface area contributed by atoms with E-state index in [2.05, 4.69) is 55.4 Å². The quantitative estimate of drug-likeness (QED) is 0.533. The third-order valence-corrected chi connectivity index (χ3v) is 2.26. The third-order valence-electron chi connectivity index (χ3n) is 2.26. The molecule has 0 saturated heterocycles. The van der Waals surface area contributed by atoms with Gasteiger partial charge in [-0.05, 0) is 11.8 Å². The SMILES string of the molecule is CCC.CCC.CCC(C)C(C)CC. The first-order chi connectivity index (χ1) is 6.55. The molecule has 0 spiro atoms. The van der Waals surface area contributed by atoms with Crippen LogP contribution in [0.15, 0.2) is 0 Å². The van der Waals surface area contributed by atoms with Crippen LogP contribution in [0.25, 0.3) is 0 Å². The third kappa shape index (κ3) is 22.7. The Labute approximate surface area is 93.5 Å². The number of hydrogen-bond donors (Lipinski definition) is 0. The van der Waals surface area contributed by atoms with Crippen molar-refractivity contribution in [2.45, 2.75) is 81.1 Å². The van der Waals surface area contributed by atoms with Gasteiger partial charge in [0.1, 0.15) is 0 Å². The Kier molecular flexibility index (Phi) is 26.1. The van der Waals surface area contributed by atoms with Crippen molar-refractivity contribution in [3.8, 4) is 0 Å². The summed E-state index contributed by atoms with van der Waals surface area (Å²) < 4.78 is 0. The summed E-state index contributed by atoms with van der Waals surface area (Å²) >= 11 is 0. The van der Waals surface area contributed by atoms with Crippen molar-refractivity contribution in [3.63, 3.8) is 0 Å². The summed E-state index contributed by atoms with van der Waals surface area (Å²) in [5.41, 5.74) is 0. The zero-order valence-corrected chi connectivity index (χ0v) is 12.0. The van der Waals surface area contributed by atoms with Gasteiger partial charge in [-0.25, -0.2) is 0 Å². The van der Waals surface area contributed by atoms with Crippen molar-refractivity contribution < 1.29 is 0 Å². The highest BCUT2D eigenvalue weighted by molar-refractivity contribution is 4.56. The molecular formula is C14H34. The molecule has 0 aromatic rings. The molecular weight excluding hydrogens is 168 g/mol. The predicted octanol–water partition coefficient (Wildman–Crippen LogP) is 5.91. The number of hydrogen-bond acceptors (Lipinski definition) is 0. The van der Waals surface area contributed by atoms with Gasteiger partial charge in [-0.1, -0.05) is 81.1 Å². The fourth-order valence-corrected chi connectivity index (χ4v) is 0.805. The molecule has 2 atom stereocenters. The Hall–Kier alpha value is 0. The smallest absolute Gasteiger partial charge is 0.0420 e. The second kappa shape index (κ2) is 18.7. The van der Waals surface area contributed by atoms with Crippen LogP contribution in [0, 0.1) is 11.8 Å². The second-order valence-electron chi connectivity index (χ2n) is 4.19. The minimum atomic E-state index is 0.917. The first-order valence-corrected chi connectivity index (χ1v) is 6.55. The molecule has 0 rings (SSSR count). The van der Waals surface area contributed by atoms with Crippen LogP contribution in [0.2, 0.25) is 0 Å². The second-order valence-corrected chi connectivity index (χ2v) is 4.19. The van der Waals surface area contributed by atoms with E-state index in [1.807, 2.05) is 0 Å². The summed E-state index contributed by atoms with van der Waals surface area (Å²) in [6.45, 7) is 17.7. The lowest BCUT2D eigenvalue weighted by Gasteiger charge is -2.14. The van der Waals surface area contributed by atoms with Crippen LogP contribution in [0.1, 0.15) is 81.1 Å². The molecule has 0 heteroatoms. The molecule has 0 heterocycles. The standard InChI is InChI=1S/C8H18.2C3H8/c1-5-7(3)8(4)6-2;2*1-3-2/h7-8H,5-6H2,1-4H3;2*3H2,1-2H3. The largest absolute Gasteiger partial charge is 0.0656 e. The molecule has 0 N–H and O–H groups in total. The molecule has 0 aliphatic heterocycles. The van der Waals surface area contributed by atoms with Crippen LogP contribution in [0.4, 0.5) is 0 Å². The summed E-state index contributed by atoms with van der Waals surface area (Å²) in [6.07, 6.45) is 5.16. The topological polar surface area (TPSA) is 0 Å². The first kappa shape index (κ1) is 19.6. The molecule has 0 radical (unpaired) electrons. The van der Waals surface area contributed by atoms with Gasteiger partial charge in [0.05, 0.1) is 0 Å². The molecule has 90 valence electrons. The van der Waals surface area contributed by atoms with Crippen LogP contribution in [-0.2, 0) is 0 Å². The summed E-state index contributed by atoms with van der Waals surface area (Å²) in [5.74, 6) is 1.83. The van der Waals surface area contributed by atoms with Crippen LogP contribution in [-0.4, -0.2) is 0 Å². The van der Waals surface area contributed by atoms with Gasteiger partial charge in [-0.2, -0.15) is 0 Å². The lowest BCUT2D eigenvalue weighted by molar-refractivity contribution is 0.367. The van der Waals surface area contributed by atoms with Crippen LogP contribution < -0.4 is 0 Å². The normalized spacial score (nSPS) is 12.9. The minimum absolute atomic E-state index is 0.917. The van der Waals surface area contributed by atoms with Crippen molar-refractivity contribution >= 4 is 0 Å². The van der Waals surface area contributed by atoms with Gasteiger partial charge in [0, 0.05) is 0 Å². The van der Waals surface area contributed by atoms with Gasteiger partial charge in [-0.15, -0.1) is 0 Å². The van der Waals surface area contributed by atoms with Gasteiger partial charge in [0.25, 0.3) is 0 Å². The van der Waals surface area contributed by atoms with Crippen molar-refractivity contribution in [1.82, 2.24) is 0 Å². The average Bonchev–Trinajstić information content (AvgIpc) is 2.18. The average molecular weight is 202 g/mol. The lowest BCUT2D eigenvalue weighted by Crippen LogP contribution is -2.04. The van der Waals surface area contributed by atoms with Crippen molar-refractivity contribution in [2.24, 2.45) is 11.8 Å². The van der Waals surface area contributed by atoms with Crippen LogP contribution in [0.5, 0.6) is 0 Å². The van der Waals surface area contributed by atoms with Gasteiger partial charge < -0.3 is 0 Å². The molecule has 0 saturated carbocycles. The Morgan fingerprint density at radius 2 is 0.714 bits per heavy atom. The van der Waals surface area contributed by atoms with E-state index in [1.54, 1.807) is 0 Å². The summed E-state index contributed by atoms with van der Waals surface area (Å²) in [4.78, 5) is 0. The number of rotatable bonds is 3. The lowest BCUT2D eigenvalue weighted by atomic mass is 9.92. The molecule has 0 aromatic carbocycles. The van der Waals surface area contributed by atoms with E-state index in [-0.39, 0.29) is 0 Å². The van der Waals surface area contributed by atoms with E-state index in [0.29, 0.717) is 0 Å². The van der Waals surface area contributed by atoms with Crippen molar-refractivity contribution in [2.75, 3.05) is 0 Å². The fourth-order valence-electron chi connectivity index (χ4n) is 0.805. The zero-order chi connectivity index (χ0) is 12.0. The monoisotopic (exact) mass is 202 g/mol. The highest BCUT2D eigenvalue weighted by atomic mass is 14.1. The van der Waals surface area contributed by atoms with Crippen LogP contribution in [0.3, 0.4) is 0 Å². The van der Waals surface area contributed by atoms with Gasteiger partial charge in [-0.3, -0.25) is 0 Å². The molecule has 14 heavy (non-hydrogen) atoms. The van der Waals surface area contributed by atoms with Gasteiger partial charge in [0.15, 0.2) is 0 Å². The Morgan fingerprint density at radius 1 is 0.571 bits per heavy atom. The molecule has 2 unspecified atom stereocenters. The van der Waals surface area contributed by atoms with E-state index >= 15 is 0 Å². The van der Waals surface area contributed by atoms with Crippen molar-refractivity contribution in [3.05, 3.63) is 0 Å². The molecule has 0 nitrogen and oxygen atoms in total.